The molecule has 1 atom stereocenters. The number of aliphatic hydroxyl groups is 1. The molecule has 1 aromatic carbocycles. The quantitative estimate of drug-likeness (QED) is 0.772. The molecule has 112 valence electrons. The second-order valence-corrected chi connectivity index (χ2v) is 4.80. The number of nitrogens with one attached hydrogen (secondary N) is 1. The third-order valence-corrected chi connectivity index (χ3v) is 3.33. The average molecular weight is 288 g/mol. The highest BCUT2D eigenvalue weighted by atomic mass is 16.3. The number of hydrogen-bond donors (Lipinski definition) is 3. The fourth-order valence-corrected chi connectivity index (χ4v) is 2.13. The molecule has 0 bridgehead atoms. The van der Waals surface area contributed by atoms with E-state index in [0.29, 0.717) is 23.6 Å². The summed E-state index contributed by atoms with van der Waals surface area (Å²) in [7, 11) is 0. The number of carbonyl (C=O) groups excluding carboxylic acids is 1. The molecule has 0 aliphatic heterocycles. The molecule has 2 aromatic rings. The van der Waals surface area contributed by atoms with Gasteiger partial charge in [0.1, 0.15) is 5.69 Å². The number of aliphatic hydroxyl groups excluding tert-OH is 1. The molecule has 4 N–H and O–H groups in total. The van der Waals surface area contributed by atoms with Gasteiger partial charge in [-0.15, -0.1) is 0 Å². The summed E-state index contributed by atoms with van der Waals surface area (Å²) in [5.74, 6) is -0.329. The molecule has 0 saturated carbocycles. The van der Waals surface area contributed by atoms with Crippen molar-refractivity contribution in [3.63, 3.8) is 0 Å². The van der Waals surface area contributed by atoms with Crippen LogP contribution in [0.15, 0.2) is 30.3 Å². The number of nitrogen functional groups attached to an aromatic ring is 1. The van der Waals surface area contributed by atoms with Crippen LogP contribution in [-0.4, -0.2) is 27.3 Å². The number of nitrogens with zero attached hydrogens (tertiary/aromatic N) is 2. The first-order chi connectivity index (χ1) is 10.0. The van der Waals surface area contributed by atoms with Crippen LogP contribution in [0.3, 0.4) is 0 Å². The summed E-state index contributed by atoms with van der Waals surface area (Å²) in [6, 6.07) is 9.18. The number of anilines is 1. The predicted octanol–water partition coefficient (Wildman–Crippen LogP) is 1.26. The van der Waals surface area contributed by atoms with Gasteiger partial charge in [-0.2, -0.15) is 5.10 Å². The largest absolute Gasteiger partial charge is 0.395 e. The summed E-state index contributed by atoms with van der Waals surface area (Å²) >= 11 is 0. The highest BCUT2D eigenvalue weighted by molar-refractivity contribution is 5.98. The van der Waals surface area contributed by atoms with Crippen molar-refractivity contribution in [2.24, 2.45) is 0 Å². The van der Waals surface area contributed by atoms with Crippen LogP contribution in [0.2, 0.25) is 0 Å². The number of hydrogen-bond acceptors (Lipinski definition) is 4. The zero-order chi connectivity index (χ0) is 15.4. The number of aromatic nitrogens is 2. The first kappa shape index (κ1) is 15.1. The van der Waals surface area contributed by atoms with E-state index in [1.165, 1.54) is 0 Å². The van der Waals surface area contributed by atoms with Gasteiger partial charge >= 0.3 is 0 Å². The van der Waals surface area contributed by atoms with Crippen molar-refractivity contribution in [1.82, 2.24) is 15.1 Å². The maximum absolute atomic E-state index is 12.2. The number of amides is 1. The first-order valence-corrected chi connectivity index (χ1v) is 6.88. The average Bonchev–Trinajstić information content (AvgIpc) is 2.80. The van der Waals surface area contributed by atoms with Crippen LogP contribution in [-0.2, 0) is 6.54 Å². The van der Waals surface area contributed by atoms with Crippen LogP contribution in [0.25, 0.3) is 0 Å². The second kappa shape index (κ2) is 6.41. The van der Waals surface area contributed by atoms with E-state index in [1.807, 2.05) is 37.3 Å². The molecule has 1 aromatic heterocycles. The molecule has 6 nitrogen and oxygen atoms in total. The van der Waals surface area contributed by atoms with Crippen molar-refractivity contribution in [2.75, 3.05) is 12.3 Å². The van der Waals surface area contributed by atoms with Gasteiger partial charge in [0, 0.05) is 13.1 Å². The Bertz CT molecular complexity index is 622. The van der Waals surface area contributed by atoms with E-state index in [1.54, 1.807) is 11.6 Å². The minimum absolute atomic E-state index is 0.121. The van der Waals surface area contributed by atoms with E-state index >= 15 is 0 Å². The van der Waals surface area contributed by atoms with Crippen molar-refractivity contribution < 1.29 is 9.90 Å². The first-order valence-electron chi connectivity index (χ1n) is 6.88. The lowest BCUT2D eigenvalue weighted by Crippen LogP contribution is -2.30. The maximum Gasteiger partial charge on any atom is 0.271 e. The van der Waals surface area contributed by atoms with E-state index in [9.17, 15) is 9.90 Å². The lowest BCUT2D eigenvalue weighted by molar-refractivity contribution is 0.0906. The van der Waals surface area contributed by atoms with Gasteiger partial charge in [0.25, 0.3) is 5.91 Å². The standard InChI is InChI=1S/C15H20N4O2/c1-3-19-14(13(16)10(2)18-19)15(21)17-9-12(20)11-7-5-4-6-8-11/h4-8,12,20H,3,9,16H2,1-2H3,(H,17,21). The van der Waals surface area contributed by atoms with Crippen molar-refractivity contribution >= 4 is 11.6 Å². The van der Waals surface area contributed by atoms with Crippen molar-refractivity contribution in [3.8, 4) is 0 Å². The molecule has 0 saturated heterocycles. The van der Waals surface area contributed by atoms with Gasteiger partial charge in [-0.05, 0) is 19.4 Å². The summed E-state index contributed by atoms with van der Waals surface area (Å²) in [6.45, 7) is 4.33. The van der Waals surface area contributed by atoms with Crippen molar-refractivity contribution in [2.45, 2.75) is 26.5 Å². The number of carbonyl (C=O) groups is 1. The Kier molecular flexibility index (Phi) is 4.59. The fourth-order valence-electron chi connectivity index (χ4n) is 2.13. The Morgan fingerprint density at radius 2 is 2.10 bits per heavy atom. The second-order valence-electron chi connectivity index (χ2n) is 4.80. The van der Waals surface area contributed by atoms with Gasteiger partial charge in [0.2, 0.25) is 0 Å². The predicted molar refractivity (Wildman–Crippen MR) is 80.8 cm³/mol. The Hall–Kier alpha value is -2.34. The highest BCUT2D eigenvalue weighted by Crippen LogP contribution is 2.17. The van der Waals surface area contributed by atoms with Gasteiger partial charge < -0.3 is 16.2 Å². The molecule has 1 amide bonds. The zero-order valence-corrected chi connectivity index (χ0v) is 12.2. The summed E-state index contributed by atoms with van der Waals surface area (Å²) in [5.41, 5.74) is 8.00. The lowest BCUT2D eigenvalue weighted by Gasteiger charge is -2.13. The molecule has 0 fully saturated rings. The minimum Gasteiger partial charge on any atom is -0.395 e. The normalized spacial score (nSPS) is 12.1. The summed E-state index contributed by atoms with van der Waals surface area (Å²) in [5, 5.41) is 16.9. The van der Waals surface area contributed by atoms with Gasteiger partial charge in [0.15, 0.2) is 0 Å². The van der Waals surface area contributed by atoms with E-state index in [-0.39, 0.29) is 12.5 Å². The molecule has 2 rings (SSSR count). The van der Waals surface area contributed by atoms with Crippen molar-refractivity contribution in [1.29, 1.82) is 0 Å². The summed E-state index contributed by atoms with van der Waals surface area (Å²) in [4.78, 5) is 12.2. The topological polar surface area (TPSA) is 93.2 Å². The molecule has 0 spiro atoms. The van der Waals surface area contributed by atoms with Gasteiger partial charge in [-0.25, -0.2) is 0 Å². The number of aryl methyl sites for hydroxylation is 2. The minimum atomic E-state index is -0.754. The lowest BCUT2D eigenvalue weighted by atomic mass is 10.1. The summed E-state index contributed by atoms with van der Waals surface area (Å²) < 4.78 is 1.56. The zero-order valence-electron chi connectivity index (χ0n) is 12.2. The monoisotopic (exact) mass is 288 g/mol. The van der Waals surface area contributed by atoms with Crippen LogP contribution in [0, 0.1) is 6.92 Å². The Morgan fingerprint density at radius 1 is 1.43 bits per heavy atom. The van der Waals surface area contributed by atoms with Crippen LogP contribution in [0.1, 0.15) is 34.8 Å². The Morgan fingerprint density at radius 3 is 2.71 bits per heavy atom. The molecule has 0 aliphatic carbocycles. The molecule has 1 unspecified atom stereocenters. The smallest absolute Gasteiger partial charge is 0.271 e. The van der Waals surface area contributed by atoms with E-state index in [2.05, 4.69) is 10.4 Å². The number of rotatable bonds is 5. The molecule has 21 heavy (non-hydrogen) atoms. The van der Waals surface area contributed by atoms with Gasteiger partial charge in [-0.3, -0.25) is 9.48 Å². The molecule has 0 aliphatic rings. The van der Waals surface area contributed by atoms with Crippen LogP contribution in [0.4, 0.5) is 5.69 Å². The third kappa shape index (κ3) is 3.22. The summed E-state index contributed by atoms with van der Waals surface area (Å²) in [6.07, 6.45) is -0.754. The van der Waals surface area contributed by atoms with Crippen LogP contribution < -0.4 is 11.1 Å². The van der Waals surface area contributed by atoms with E-state index in [4.69, 9.17) is 5.73 Å². The highest BCUT2D eigenvalue weighted by Gasteiger charge is 2.19. The van der Waals surface area contributed by atoms with E-state index in [0.717, 1.165) is 5.56 Å². The maximum atomic E-state index is 12.2. The Balaban J connectivity index is 2.06. The molecule has 0 radical (unpaired) electrons. The molecule has 1 heterocycles. The Labute approximate surface area is 123 Å². The SMILES string of the molecule is CCn1nc(C)c(N)c1C(=O)NCC(O)c1ccccc1. The van der Waals surface area contributed by atoms with Crippen LogP contribution in [0.5, 0.6) is 0 Å². The van der Waals surface area contributed by atoms with Crippen LogP contribution >= 0.6 is 0 Å². The molecular weight excluding hydrogens is 268 g/mol. The molecular formula is C15H20N4O2. The fraction of sp³-hybridized carbons (Fsp3) is 0.333. The van der Waals surface area contributed by atoms with Gasteiger partial charge in [0.05, 0.1) is 17.5 Å². The van der Waals surface area contributed by atoms with E-state index < -0.39 is 6.10 Å². The number of nitrogens with two attached hydrogens (primary N) is 1. The van der Waals surface area contributed by atoms with Crippen molar-refractivity contribution in [3.05, 3.63) is 47.3 Å². The van der Waals surface area contributed by atoms with Gasteiger partial charge in [-0.1, -0.05) is 30.3 Å². The third-order valence-electron chi connectivity index (χ3n) is 3.33. The number of benzene rings is 1. The molecule has 6 heteroatoms.